The van der Waals surface area contributed by atoms with Crippen molar-refractivity contribution in [3.63, 3.8) is 0 Å². The number of benzene rings is 4. The molecule has 0 atom stereocenters. The van der Waals surface area contributed by atoms with Crippen LogP contribution in [0.3, 0.4) is 0 Å². The Morgan fingerprint density at radius 2 is 0.769 bits per heavy atom. The molecule has 0 amide bonds. The van der Waals surface area contributed by atoms with Crippen LogP contribution in [-0.2, 0) is 0 Å². The van der Waals surface area contributed by atoms with Crippen LogP contribution in [0.2, 0.25) is 0 Å². The van der Waals surface area contributed by atoms with Crippen LogP contribution in [0.15, 0.2) is 109 Å². The van der Waals surface area contributed by atoms with Gasteiger partial charge in [-0.15, -0.1) is 0 Å². The first-order valence-electron chi connectivity index (χ1n) is 8.68. The highest BCUT2D eigenvalue weighted by molar-refractivity contribution is 7.81. The lowest BCUT2D eigenvalue weighted by atomic mass is 9.91. The lowest BCUT2D eigenvalue weighted by Crippen LogP contribution is -2.04. The summed E-state index contributed by atoms with van der Waals surface area (Å²) < 4.78 is 0. The number of hydrogen-bond donors (Lipinski definition) is 0. The van der Waals surface area contributed by atoms with Crippen molar-refractivity contribution in [3.05, 3.63) is 120 Å². The van der Waals surface area contributed by atoms with E-state index >= 15 is 0 Å². The number of rotatable bonds is 4. The second-order valence-electron chi connectivity index (χ2n) is 6.15. The molecule has 0 saturated carbocycles. The smallest absolute Gasteiger partial charge is 0.0534 e. The maximum Gasteiger partial charge on any atom is 0.0534 e. The van der Waals surface area contributed by atoms with Crippen molar-refractivity contribution in [1.29, 1.82) is 0 Å². The summed E-state index contributed by atoms with van der Waals surface area (Å²) in [5, 5.41) is 0. The van der Waals surface area contributed by atoms with Gasteiger partial charge in [-0.2, -0.15) is 0 Å². The van der Waals surface area contributed by atoms with Crippen LogP contribution in [0.1, 0.15) is 11.1 Å². The average molecular weight is 350 g/mol. The molecule has 0 unspecified atom stereocenters. The van der Waals surface area contributed by atoms with Crippen molar-refractivity contribution in [1.82, 2.24) is 0 Å². The first kappa shape index (κ1) is 16.4. The van der Waals surface area contributed by atoms with E-state index in [4.69, 9.17) is 12.2 Å². The molecule has 0 aliphatic rings. The maximum absolute atomic E-state index is 5.96. The zero-order chi connectivity index (χ0) is 17.8. The molecule has 124 valence electrons. The predicted molar refractivity (Wildman–Crippen MR) is 115 cm³/mol. The molecule has 0 N–H and O–H groups in total. The van der Waals surface area contributed by atoms with Gasteiger partial charge in [0, 0.05) is 11.1 Å². The molecule has 0 fully saturated rings. The molecule has 4 rings (SSSR count). The second-order valence-corrected chi connectivity index (χ2v) is 6.56. The molecule has 0 aromatic heterocycles. The van der Waals surface area contributed by atoms with E-state index in [-0.39, 0.29) is 0 Å². The van der Waals surface area contributed by atoms with Gasteiger partial charge in [0.2, 0.25) is 0 Å². The van der Waals surface area contributed by atoms with Crippen LogP contribution in [0.4, 0.5) is 0 Å². The van der Waals surface area contributed by atoms with Gasteiger partial charge in [-0.05, 0) is 22.3 Å². The molecule has 1 heteroatoms. The van der Waals surface area contributed by atoms with E-state index in [0.29, 0.717) is 0 Å². The molecular weight excluding hydrogens is 332 g/mol. The second kappa shape index (κ2) is 7.47. The molecular formula is C25H18S. The van der Waals surface area contributed by atoms with Gasteiger partial charge < -0.3 is 0 Å². The van der Waals surface area contributed by atoms with E-state index in [1.807, 2.05) is 12.1 Å². The summed E-state index contributed by atoms with van der Waals surface area (Å²) >= 11 is 5.96. The summed E-state index contributed by atoms with van der Waals surface area (Å²) in [6.07, 6.45) is 0. The number of hydrogen-bond acceptors (Lipinski definition) is 1. The fourth-order valence-corrected chi connectivity index (χ4v) is 3.60. The van der Waals surface area contributed by atoms with Crippen molar-refractivity contribution >= 4 is 17.1 Å². The van der Waals surface area contributed by atoms with Gasteiger partial charge in [-0.3, -0.25) is 0 Å². The molecule has 0 aliphatic heterocycles. The van der Waals surface area contributed by atoms with Crippen molar-refractivity contribution in [2.75, 3.05) is 0 Å². The van der Waals surface area contributed by atoms with Crippen LogP contribution < -0.4 is 0 Å². The van der Waals surface area contributed by atoms with E-state index < -0.39 is 0 Å². The Hall–Kier alpha value is -3.03. The molecule has 0 bridgehead atoms. The molecule has 0 heterocycles. The van der Waals surface area contributed by atoms with Crippen LogP contribution in [-0.4, -0.2) is 4.86 Å². The molecule has 0 radical (unpaired) electrons. The summed E-state index contributed by atoms with van der Waals surface area (Å²) in [4.78, 5) is 0.879. The van der Waals surface area contributed by atoms with E-state index in [1.54, 1.807) is 0 Å². The molecule has 0 aliphatic carbocycles. The van der Waals surface area contributed by atoms with Gasteiger partial charge in [-0.25, -0.2) is 0 Å². The SMILES string of the molecule is S=C(c1ccccc1-c1ccccc1)c1ccccc1-c1ccccc1. The standard InChI is InChI=1S/C25H18S/c26-25(23-17-9-7-15-21(23)19-11-3-1-4-12-19)24-18-10-8-16-22(24)20-13-5-2-6-14-20/h1-18H. The number of thiocarbonyl (C=S) groups is 1. The zero-order valence-corrected chi connectivity index (χ0v) is 15.1. The molecule has 0 nitrogen and oxygen atoms in total. The van der Waals surface area contributed by atoms with Gasteiger partial charge in [0.1, 0.15) is 0 Å². The minimum atomic E-state index is 0.879. The molecule has 0 saturated heterocycles. The van der Waals surface area contributed by atoms with Gasteiger partial charge in [-0.1, -0.05) is 121 Å². The summed E-state index contributed by atoms with van der Waals surface area (Å²) in [7, 11) is 0. The average Bonchev–Trinajstić information content (AvgIpc) is 2.74. The van der Waals surface area contributed by atoms with Gasteiger partial charge >= 0.3 is 0 Å². The lowest BCUT2D eigenvalue weighted by molar-refractivity contribution is 1.56. The Morgan fingerprint density at radius 3 is 1.19 bits per heavy atom. The van der Waals surface area contributed by atoms with E-state index in [9.17, 15) is 0 Å². The Balaban J connectivity index is 1.84. The third-order valence-corrected chi connectivity index (χ3v) is 4.95. The summed E-state index contributed by atoms with van der Waals surface area (Å²) in [6.45, 7) is 0. The summed E-state index contributed by atoms with van der Waals surface area (Å²) in [5.74, 6) is 0. The highest BCUT2D eigenvalue weighted by atomic mass is 32.1. The fraction of sp³-hybridized carbons (Fsp3) is 0. The van der Waals surface area contributed by atoms with Gasteiger partial charge in [0.05, 0.1) is 4.86 Å². The molecule has 4 aromatic carbocycles. The largest absolute Gasteiger partial charge is 0.0787 e. The van der Waals surface area contributed by atoms with Crippen molar-refractivity contribution in [2.24, 2.45) is 0 Å². The Bertz CT molecular complexity index is 949. The molecule has 4 aromatic rings. The fourth-order valence-electron chi connectivity index (χ4n) is 3.25. The third-order valence-electron chi connectivity index (χ3n) is 4.51. The van der Waals surface area contributed by atoms with Crippen molar-refractivity contribution in [3.8, 4) is 22.3 Å². The van der Waals surface area contributed by atoms with Crippen LogP contribution in [0.5, 0.6) is 0 Å². The van der Waals surface area contributed by atoms with Crippen LogP contribution in [0, 0.1) is 0 Å². The minimum absolute atomic E-state index is 0.879. The Morgan fingerprint density at radius 1 is 0.423 bits per heavy atom. The first-order valence-corrected chi connectivity index (χ1v) is 9.09. The first-order chi connectivity index (χ1) is 12.8. The van der Waals surface area contributed by atoms with Crippen molar-refractivity contribution < 1.29 is 0 Å². The van der Waals surface area contributed by atoms with Gasteiger partial charge in [0.15, 0.2) is 0 Å². The van der Waals surface area contributed by atoms with E-state index in [0.717, 1.165) is 16.0 Å². The van der Waals surface area contributed by atoms with Gasteiger partial charge in [0.25, 0.3) is 0 Å². The lowest BCUT2D eigenvalue weighted by Gasteiger charge is -2.15. The summed E-state index contributed by atoms with van der Waals surface area (Å²) in [6, 6.07) is 37.6. The highest BCUT2D eigenvalue weighted by Gasteiger charge is 2.14. The normalized spacial score (nSPS) is 10.5. The molecule has 26 heavy (non-hydrogen) atoms. The van der Waals surface area contributed by atoms with E-state index in [1.165, 1.54) is 22.3 Å². The highest BCUT2D eigenvalue weighted by Crippen LogP contribution is 2.30. The quantitative estimate of drug-likeness (QED) is 0.288. The van der Waals surface area contributed by atoms with Crippen LogP contribution >= 0.6 is 12.2 Å². The Kier molecular flexibility index (Phi) is 4.72. The van der Waals surface area contributed by atoms with Crippen molar-refractivity contribution in [2.45, 2.75) is 0 Å². The monoisotopic (exact) mass is 350 g/mol. The minimum Gasteiger partial charge on any atom is -0.0787 e. The topological polar surface area (TPSA) is 0 Å². The Labute approximate surface area is 159 Å². The van der Waals surface area contributed by atoms with E-state index in [2.05, 4.69) is 97.1 Å². The molecule has 0 spiro atoms. The maximum atomic E-state index is 5.96. The zero-order valence-electron chi connectivity index (χ0n) is 14.3. The third kappa shape index (κ3) is 3.22. The van der Waals surface area contributed by atoms with Crippen LogP contribution in [0.25, 0.3) is 22.3 Å². The summed E-state index contributed by atoms with van der Waals surface area (Å²) in [5.41, 5.74) is 6.89. The predicted octanol–water partition coefficient (Wildman–Crippen LogP) is 6.79.